The van der Waals surface area contributed by atoms with Crippen LogP contribution in [0.2, 0.25) is 0 Å². The molecule has 4 nitrogen and oxygen atoms in total. The van der Waals surface area contributed by atoms with E-state index < -0.39 is 0 Å². The molecule has 0 unspecified atom stereocenters. The second kappa shape index (κ2) is 6.45. The van der Waals surface area contributed by atoms with Crippen LogP contribution in [0.3, 0.4) is 0 Å². The standard InChI is InChI=1S/C12H21N3O/c1-3-15(8-5-9-16)12-11(10(2)13)6-4-7-14-12/h4,6-7,10,16H,3,5,8-9,13H2,1-2H3/t10-/m1/s1. The van der Waals surface area contributed by atoms with E-state index >= 15 is 0 Å². The molecule has 16 heavy (non-hydrogen) atoms. The molecular formula is C12H21N3O. The first-order valence-corrected chi connectivity index (χ1v) is 5.77. The molecule has 1 heterocycles. The van der Waals surface area contributed by atoms with E-state index in [9.17, 15) is 0 Å². The highest BCUT2D eigenvalue weighted by Gasteiger charge is 2.12. The largest absolute Gasteiger partial charge is 0.396 e. The Morgan fingerprint density at radius 2 is 2.31 bits per heavy atom. The minimum absolute atomic E-state index is 0.0214. The Morgan fingerprint density at radius 1 is 1.56 bits per heavy atom. The summed E-state index contributed by atoms with van der Waals surface area (Å²) in [6.07, 6.45) is 2.53. The average Bonchev–Trinajstić information content (AvgIpc) is 2.30. The second-order valence-electron chi connectivity index (χ2n) is 3.86. The van der Waals surface area contributed by atoms with E-state index in [2.05, 4.69) is 16.8 Å². The van der Waals surface area contributed by atoms with Crippen LogP contribution in [0, 0.1) is 0 Å². The Morgan fingerprint density at radius 3 is 2.88 bits per heavy atom. The summed E-state index contributed by atoms with van der Waals surface area (Å²) in [7, 11) is 0. The molecule has 1 atom stereocenters. The maximum Gasteiger partial charge on any atom is 0.133 e. The third kappa shape index (κ3) is 3.18. The first-order chi connectivity index (χ1) is 7.70. The predicted octanol–water partition coefficient (Wildman–Crippen LogP) is 1.31. The van der Waals surface area contributed by atoms with Gasteiger partial charge in [0.1, 0.15) is 5.82 Å². The number of rotatable bonds is 6. The van der Waals surface area contributed by atoms with Gasteiger partial charge in [-0.15, -0.1) is 0 Å². The topological polar surface area (TPSA) is 62.4 Å². The number of nitrogens with zero attached hydrogens (tertiary/aromatic N) is 2. The van der Waals surface area contributed by atoms with Crippen molar-refractivity contribution in [1.29, 1.82) is 0 Å². The van der Waals surface area contributed by atoms with E-state index in [1.165, 1.54) is 0 Å². The molecule has 0 aliphatic rings. The molecule has 1 aromatic rings. The molecule has 0 saturated heterocycles. The van der Waals surface area contributed by atoms with Crippen molar-refractivity contribution in [3.05, 3.63) is 23.9 Å². The van der Waals surface area contributed by atoms with Crippen molar-refractivity contribution in [2.24, 2.45) is 5.73 Å². The Hall–Kier alpha value is -1.13. The van der Waals surface area contributed by atoms with Gasteiger partial charge in [0.05, 0.1) is 0 Å². The van der Waals surface area contributed by atoms with Gasteiger partial charge < -0.3 is 15.7 Å². The highest BCUT2D eigenvalue weighted by molar-refractivity contribution is 5.48. The Balaban J connectivity index is 2.90. The van der Waals surface area contributed by atoms with E-state index in [4.69, 9.17) is 10.8 Å². The van der Waals surface area contributed by atoms with Crippen LogP contribution in [-0.4, -0.2) is 29.8 Å². The first-order valence-electron chi connectivity index (χ1n) is 5.77. The van der Waals surface area contributed by atoms with Crippen molar-refractivity contribution < 1.29 is 5.11 Å². The van der Waals surface area contributed by atoms with E-state index in [1.54, 1.807) is 6.20 Å². The van der Waals surface area contributed by atoms with Crippen molar-refractivity contribution >= 4 is 5.82 Å². The van der Waals surface area contributed by atoms with Crippen LogP contribution in [-0.2, 0) is 0 Å². The lowest BCUT2D eigenvalue weighted by atomic mass is 10.1. The van der Waals surface area contributed by atoms with Crippen LogP contribution < -0.4 is 10.6 Å². The van der Waals surface area contributed by atoms with Gasteiger partial charge in [-0.2, -0.15) is 0 Å². The maximum absolute atomic E-state index is 8.86. The Labute approximate surface area is 97.1 Å². The number of nitrogens with two attached hydrogens (primary N) is 1. The third-order valence-corrected chi connectivity index (χ3v) is 2.57. The molecule has 0 amide bonds. The summed E-state index contributed by atoms with van der Waals surface area (Å²) < 4.78 is 0. The normalized spacial score (nSPS) is 12.5. The molecule has 1 aromatic heterocycles. The smallest absolute Gasteiger partial charge is 0.133 e. The molecule has 0 aliphatic carbocycles. The molecule has 90 valence electrons. The van der Waals surface area contributed by atoms with E-state index in [-0.39, 0.29) is 12.6 Å². The maximum atomic E-state index is 8.86. The summed E-state index contributed by atoms with van der Waals surface area (Å²) in [4.78, 5) is 6.54. The van der Waals surface area contributed by atoms with Gasteiger partial charge in [-0.1, -0.05) is 6.07 Å². The molecule has 1 rings (SSSR count). The predicted molar refractivity (Wildman–Crippen MR) is 66.4 cm³/mol. The molecule has 4 heteroatoms. The van der Waals surface area contributed by atoms with Gasteiger partial charge in [-0.05, 0) is 26.3 Å². The zero-order chi connectivity index (χ0) is 12.0. The number of hydrogen-bond donors (Lipinski definition) is 2. The van der Waals surface area contributed by atoms with Gasteiger partial charge in [0.2, 0.25) is 0 Å². The van der Waals surface area contributed by atoms with Crippen molar-refractivity contribution in [1.82, 2.24) is 4.98 Å². The van der Waals surface area contributed by atoms with Crippen LogP contribution in [0.1, 0.15) is 31.9 Å². The summed E-state index contributed by atoms with van der Waals surface area (Å²) in [5.41, 5.74) is 6.98. The first kappa shape index (κ1) is 12.9. The van der Waals surface area contributed by atoms with Gasteiger partial charge in [0.25, 0.3) is 0 Å². The summed E-state index contributed by atoms with van der Waals surface area (Å²) in [5, 5.41) is 8.86. The van der Waals surface area contributed by atoms with E-state index in [0.29, 0.717) is 0 Å². The lowest BCUT2D eigenvalue weighted by molar-refractivity contribution is 0.289. The van der Waals surface area contributed by atoms with Crippen LogP contribution in [0.5, 0.6) is 0 Å². The van der Waals surface area contributed by atoms with Gasteiger partial charge in [0.15, 0.2) is 0 Å². The number of hydrogen-bond acceptors (Lipinski definition) is 4. The lowest BCUT2D eigenvalue weighted by Gasteiger charge is -2.25. The van der Waals surface area contributed by atoms with Crippen molar-refractivity contribution in [3.63, 3.8) is 0 Å². The number of aliphatic hydroxyl groups is 1. The number of anilines is 1. The SMILES string of the molecule is CCN(CCCO)c1ncccc1[C@@H](C)N. The minimum Gasteiger partial charge on any atom is -0.396 e. The van der Waals surface area contributed by atoms with Crippen molar-refractivity contribution in [2.75, 3.05) is 24.6 Å². The van der Waals surface area contributed by atoms with Crippen LogP contribution in [0.25, 0.3) is 0 Å². The molecule has 0 fully saturated rings. The molecule has 0 radical (unpaired) electrons. The lowest BCUT2D eigenvalue weighted by Crippen LogP contribution is -2.27. The van der Waals surface area contributed by atoms with Gasteiger partial charge in [-0.25, -0.2) is 4.98 Å². The van der Waals surface area contributed by atoms with Crippen LogP contribution in [0.4, 0.5) is 5.82 Å². The van der Waals surface area contributed by atoms with Crippen molar-refractivity contribution in [3.8, 4) is 0 Å². The third-order valence-electron chi connectivity index (χ3n) is 2.57. The molecule has 0 bridgehead atoms. The molecule has 3 N–H and O–H groups in total. The molecule has 0 saturated carbocycles. The fourth-order valence-corrected chi connectivity index (χ4v) is 1.70. The fraction of sp³-hybridized carbons (Fsp3) is 0.583. The zero-order valence-corrected chi connectivity index (χ0v) is 10.1. The van der Waals surface area contributed by atoms with E-state index in [0.717, 1.165) is 30.9 Å². The zero-order valence-electron chi connectivity index (χ0n) is 10.1. The highest BCUT2D eigenvalue weighted by atomic mass is 16.3. The van der Waals surface area contributed by atoms with Gasteiger partial charge in [0, 0.05) is 37.5 Å². The Kier molecular flexibility index (Phi) is 5.22. The van der Waals surface area contributed by atoms with E-state index in [1.807, 2.05) is 19.1 Å². The second-order valence-corrected chi connectivity index (χ2v) is 3.86. The number of aromatic nitrogens is 1. The summed E-state index contributed by atoms with van der Waals surface area (Å²) >= 11 is 0. The number of pyridine rings is 1. The summed E-state index contributed by atoms with van der Waals surface area (Å²) in [5.74, 6) is 0.938. The molecular weight excluding hydrogens is 202 g/mol. The average molecular weight is 223 g/mol. The monoisotopic (exact) mass is 223 g/mol. The quantitative estimate of drug-likeness (QED) is 0.763. The number of aliphatic hydroxyl groups excluding tert-OH is 1. The molecule has 0 aliphatic heterocycles. The Bertz CT molecular complexity index is 315. The van der Waals surface area contributed by atoms with Crippen LogP contribution in [0.15, 0.2) is 18.3 Å². The summed E-state index contributed by atoms with van der Waals surface area (Å²) in [6, 6.07) is 3.89. The van der Waals surface area contributed by atoms with Crippen molar-refractivity contribution in [2.45, 2.75) is 26.3 Å². The molecule has 0 aromatic carbocycles. The fourth-order valence-electron chi connectivity index (χ4n) is 1.70. The minimum atomic E-state index is -0.0214. The summed E-state index contributed by atoms with van der Waals surface area (Å²) in [6.45, 7) is 5.93. The highest BCUT2D eigenvalue weighted by Crippen LogP contribution is 2.22. The van der Waals surface area contributed by atoms with Crippen LogP contribution >= 0.6 is 0 Å². The van der Waals surface area contributed by atoms with Gasteiger partial charge >= 0.3 is 0 Å². The van der Waals surface area contributed by atoms with Gasteiger partial charge in [-0.3, -0.25) is 0 Å². The molecule has 0 spiro atoms.